The quantitative estimate of drug-likeness (QED) is 0.737. The summed E-state index contributed by atoms with van der Waals surface area (Å²) in [5.41, 5.74) is 0. The zero-order chi connectivity index (χ0) is 18.5. The molecule has 2 atom stereocenters. The number of hydrogen-bond acceptors (Lipinski definition) is 6. The molecule has 0 radical (unpaired) electrons. The fraction of sp³-hybridized carbons (Fsp3) is 0.625. The standard InChI is InChI=1S/C16H21N3O4S3/c1-16-5-4-13(20)19(16)12(11-25-16)15(21)17-6-8-18(9-7-17)26(22,23)14-3-2-10-24-14/h2-3,10,12H,4-9,11H2,1H3/t12-,16-/m0/s1. The molecule has 0 bridgehead atoms. The molecular weight excluding hydrogens is 394 g/mol. The predicted molar refractivity (Wildman–Crippen MR) is 100 cm³/mol. The summed E-state index contributed by atoms with van der Waals surface area (Å²) in [6, 6.07) is 2.91. The van der Waals surface area contributed by atoms with E-state index in [1.165, 1.54) is 15.6 Å². The molecule has 0 spiro atoms. The van der Waals surface area contributed by atoms with Gasteiger partial charge in [0.1, 0.15) is 10.3 Å². The molecule has 0 aromatic carbocycles. The number of carbonyl (C=O) groups is 2. The van der Waals surface area contributed by atoms with Crippen LogP contribution in [0.4, 0.5) is 0 Å². The van der Waals surface area contributed by atoms with Gasteiger partial charge in [-0.2, -0.15) is 4.31 Å². The van der Waals surface area contributed by atoms with Gasteiger partial charge in [-0.3, -0.25) is 9.59 Å². The SMILES string of the molecule is C[C@]12CCC(=O)N1[C@H](C(=O)N1CCN(S(=O)(=O)c3cccs3)CC1)CS2. The number of carbonyl (C=O) groups excluding carboxylic acids is 2. The molecule has 142 valence electrons. The third kappa shape index (κ3) is 2.87. The lowest BCUT2D eigenvalue weighted by atomic mass is 10.2. The molecule has 4 rings (SSSR count). The Balaban J connectivity index is 1.42. The van der Waals surface area contributed by atoms with Crippen molar-refractivity contribution >= 4 is 44.9 Å². The van der Waals surface area contributed by atoms with Crippen molar-refractivity contribution in [3.05, 3.63) is 17.5 Å². The number of thiophene rings is 1. The van der Waals surface area contributed by atoms with Gasteiger partial charge in [-0.15, -0.1) is 23.1 Å². The molecule has 3 saturated heterocycles. The smallest absolute Gasteiger partial charge is 0.252 e. The molecular formula is C16H21N3O4S3. The van der Waals surface area contributed by atoms with Gasteiger partial charge in [0.25, 0.3) is 10.0 Å². The van der Waals surface area contributed by atoms with E-state index in [1.54, 1.807) is 39.1 Å². The maximum absolute atomic E-state index is 13.0. The van der Waals surface area contributed by atoms with Gasteiger partial charge in [0, 0.05) is 38.4 Å². The average molecular weight is 416 g/mol. The van der Waals surface area contributed by atoms with Crippen LogP contribution in [0.25, 0.3) is 0 Å². The number of fused-ring (bicyclic) bond motifs is 1. The first-order chi connectivity index (χ1) is 12.3. The number of thioether (sulfide) groups is 1. The molecule has 4 heterocycles. The van der Waals surface area contributed by atoms with Crippen LogP contribution in [0.2, 0.25) is 0 Å². The Morgan fingerprint density at radius 3 is 2.65 bits per heavy atom. The number of nitrogens with zero attached hydrogens (tertiary/aromatic N) is 3. The van der Waals surface area contributed by atoms with Gasteiger partial charge in [-0.1, -0.05) is 6.07 Å². The maximum Gasteiger partial charge on any atom is 0.252 e. The Kier molecular flexibility index (Phi) is 4.57. The molecule has 3 aliphatic heterocycles. The van der Waals surface area contributed by atoms with Crippen LogP contribution < -0.4 is 0 Å². The highest BCUT2D eigenvalue weighted by Gasteiger charge is 2.53. The summed E-state index contributed by atoms with van der Waals surface area (Å²) in [6.45, 7) is 3.34. The summed E-state index contributed by atoms with van der Waals surface area (Å²) in [6.07, 6.45) is 1.28. The van der Waals surface area contributed by atoms with E-state index in [1.807, 2.05) is 6.92 Å². The van der Waals surface area contributed by atoms with Gasteiger partial charge in [-0.05, 0) is 24.8 Å². The number of amides is 2. The fourth-order valence-electron chi connectivity index (χ4n) is 3.90. The maximum atomic E-state index is 13.0. The molecule has 10 heteroatoms. The van der Waals surface area contributed by atoms with Crippen LogP contribution in [0.15, 0.2) is 21.7 Å². The summed E-state index contributed by atoms with van der Waals surface area (Å²) in [5.74, 6) is 0.619. The Morgan fingerprint density at radius 2 is 2.00 bits per heavy atom. The molecule has 7 nitrogen and oxygen atoms in total. The summed E-state index contributed by atoms with van der Waals surface area (Å²) in [4.78, 5) is 28.4. The van der Waals surface area contributed by atoms with Crippen LogP contribution in [-0.2, 0) is 19.6 Å². The van der Waals surface area contributed by atoms with E-state index >= 15 is 0 Å². The van der Waals surface area contributed by atoms with E-state index in [0.717, 1.165) is 6.42 Å². The van der Waals surface area contributed by atoms with Crippen molar-refractivity contribution in [3.8, 4) is 0 Å². The van der Waals surface area contributed by atoms with Crippen molar-refractivity contribution in [2.24, 2.45) is 0 Å². The minimum atomic E-state index is -3.47. The van der Waals surface area contributed by atoms with E-state index in [2.05, 4.69) is 0 Å². The average Bonchev–Trinajstić information content (AvgIpc) is 3.33. The van der Waals surface area contributed by atoms with Crippen molar-refractivity contribution in [1.29, 1.82) is 0 Å². The van der Waals surface area contributed by atoms with Crippen LogP contribution in [-0.4, -0.2) is 77.2 Å². The Morgan fingerprint density at radius 1 is 1.27 bits per heavy atom. The summed E-state index contributed by atoms with van der Waals surface area (Å²) < 4.78 is 27.0. The van der Waals surface area contributed by atoms with Gasteiger partial charge >= 0.3 is 0 Å². The van der Waals surface area contributed by atoms with Gasteiger partial charge in [-0.25, -0.2) is 8.42 Å². The Hall–Kier alpha value is -1.10. The first kappa shape index (κ1) is 18.3. The largest absolute Gasteiger partial charge is 0.338 e. The molecule has 0 unspecified atom stereocenters. The minimum absolute atomic E-state index is 0.0507. The van der Waals surface area contributed by atoms with Crippen molar-refractivity contribution in [3.63, 3.8) is 0 Å². The highest BCUT2D eigenvalue weighted by Crippen LogP contribution is 2.47. The van der Waals surface area contributed by atoms with Crippen molar-refractivity contribution < 1.29 is 18.0 Å². The first-order valence-corrected chi connectivity index (χ1v) is 11.9. The zero-order valence-corrected chi connectivity index (χ0v) is 16.9. The monoisotopic (exact) mass is 415 g/mol. The molecule has 0 aliphatic carbocycles. The van der Waals surface area contributed by atoms with Crippen molar-refractivity contribution in [2.75, 3.05) is 31.9 Å². The topological polar surface area (TPSA) is 78.0 Å². The molecule has 26 heavy (non-hydrogen) atoms. The fourth-order valence-corrected chi connectivity index (χ4v) is 7.89. The highest BCUT2D eigenvalue weighted by atomic mass is 32.2. The van der Waals surface area contributed by atoms with Crippen LogP contribution >= 0.6 is 23.1 Å². The number of rotatable bonds is 3. The molecule has 2 amide bonds. The molecule has 1 aromatic heterocycles. The van der Waals surface area contributed by atoms with Crippen molar-refractivity contribution in [2.45, 2.75) is 34.9 Å². The predicted octanol–water partition coefficient (Wildman–Crippen LogP) is 1.04. The zero-order valence-electron chi connectivity index (χ0n) is 14.5. The molecule has 1 aromatic rings. The number of hydrogen-bond donors (Lipinski definition) is 0. The lowest BCUT2D eigenvalue weighted by molar-refractivity contribution is -0.144. The summed E-state index contributed by atoms with van der Waals surface area (Å²) >= 11 is 2.88. The van der Waals surface area contributed by atoms with E-state index in [-0.39, 0.29) is 29.8 Å². The van der Waals surface area contributed by atoms with Gasteiger partial charge in [0.15, 0.2) is 0 Å². The lowest BCUT2D eigenvalue weighted by Crippen LogP contribution is -2.56. The minimum Gasteiger partial charge on any atom is -0.338 e. The second-order valence-electron chi connectivity index (χ2n) is 6.93. The molecule has 0 N–H and O–H groups in total. The van der Waals surface area contributed by atoms with Crippen LogP contribution in [0.1, 0.15) is 19.8 Å². The Labute approximate surface area is 161 Å². The van der Waals surface area contributed by atoms with Gasteiger partial charge < -0.3 is 9.80 Å². The summed E-state index contributed by atoms with van der Waals surface area (Å²) in [7, 11) is -3.47. The van der Waals surface area contributed by atoms with E-state index in [9.17, 15) is 18.0 Å². The first-order valence-electron chi connectivity index (χ1n) is 8.61. The van der Waals surface area contributed by atoms with E-state index in [0.29, 0.717) is 29.5 Å². The van der Waals surface area contributed by atoms with E-state index < -0.39 is 16.1 Å². The molecule has 0 saturated carbocycles. The van der Waals surface area contributed by atoms with Gasteiger partial charge in [0.2, 0.25) is 11.8 Å². The normalized spacial score (nSPS) is 30.0. The highest BCUT2D eigenvalue weighted by molar-refractivity contribution is 8.01. The summed E-state index contributed by atoms with van der Waals surface area (Å²) in [5, 5.41) is 1.74. The number of piperazine rings is 1. The second kappa shape index (κ2) is 6.50. The number of sulfonamides is 1. The van der Waals surface area contributed by atoms with Crippen molar-refractivity contribution in [1.82, 2.24) is 14.1 Å². The molecule has 3 fully saturated rings. The van der Waals surface area contributed by atoms with E-state index in [4.69, 9.17) is 0 Å². The lowest BCUT2D eigenvalue weighted by Gasteiger charge is -2.37. The van der Waals surface area contributed by atoms with Crippen LogP contribution in [0.5, 0.6) is 0 Å². The van der Waals surface area contributed by atoms with Gasteiger partial charge in [0.05, 0.1) is 4.87 Å². The molecule has 3 aliphatic rings. The Bertz CT molecular complexity index is 818. The second-order valence-corrected chi connectivity index (χ2v) is 11.5. The van der Waals surface area contributed by atoms with Crippen LogP contribution in [0.3, 0.4) is 0 Å². The van der Waals surface area contributed by atoms with Crippen LogP contribution in [0, 0.1) is 0 Å². The third-order valence-electron chi connectivity index (χ3n) is 5.37. The third-order valence-corrected chi connectivity index (χ3v) is 10.1.